The second-order valence-corrected chi connectivity index (χ2v) is 4.15. The first kappa shape index (κ1) is 14.0. The van der Waals surface area contributed by atoms with Gasteiger partial charge in [-0.1, -0.05) is 24.3 Å². The van der Waals surface area contributed by atoms with Crippen LogP contribution in [-0.4, -0.2) is 29.9 Å². The quantitative estimate of drug-likeness (QED) is 0.815. The standard InChI is InChI=1S/C12H17N3O.ClH/c13-5-6-15-8-10-4-2-1-3-9(10)7-11(15)12(14)16;/h1-4,11H,5-8,13H2,(H2,14,16);1H. The second kappa shape index (κ2) is 6.00. The van der Waals surface area contributed by atoms with Gasteiger partial charge in [-0.25, -0.2) is 0 Å². The summed E-state index contributed by atoms with van der Waals surface area (Å²) in [5, 5.41) is 0. The van der Waals surface area contributed by atoms with Crippen molar-refractivity contribution >= 4 is 18.3 Å². The van der Waals surface area contributed by atoms with Crippen molar-refractivity contribution in [1.29, 1.82) is 0 Å². The lowest BCUT2D eigenvalue weighted by Gasteiger charge is -2.34. The Morgan fingerprint density at radius 1 is 1.35 bits per heavy atom. The summed E-state index contributed by atoms with van der Waals surface area (Å²) >= 11 is 0. The van der Waals surface area contributed by atoms with Gasteiger partial charge >= 0.3 is 0 Å². The van der Waals surface area contributed by atoms with Gasteiger partial charge in [0.05, 0.1) is 6.04 Å². The van der Waals surface area contributed by atoms with Crippen LogP contribution in [0.25, 0.3) is 0 Å². The van der Waals surface area contributed by atoms with Crippen LogP contribution in [0, 0.1) is 0 Å². The number of carbonyl (C=O) groups excluding carboxylic acids is 1. The lowest BCUT2D eigenvalue weighted by atomic mass is 9.93. The average molecular weight is 256 g/mol. The first-order valence-corrected chi connectivity index (χ1v) is 5.52. The van der Waals surface area contributed by atoms with Crippen molar-refractivity contribution in [3.63, 3.8) is 0 Å². The van der Waals surface area contributed by atoms with Crippen LogP contribution in [0.4, 0.5) is 0 Å². The molecule has 94 valence electrons. The van der Waals surface area contributed by atoms with E-state index in [9.17, 15) is 4.79 Å². The summed E-state index contributed by atoms with van der Waals surface area (Å²) in [6.45, 7) is 2.02. The first-order valence-electron chi connectivity index (χ1n) is 5.52. The lowest BCUT2D eigenvalue weighted by Crippen LogP contribution is -2.50. The van der Waals surface area contributed by atoms with Gasteiger partial charge in [-0.3, -0.25) is 9.69 Å². The number of fused-ring (bicyclic) bond motifs is 1. The third-order valence-electron chi connectivity index (χ3n) is 3.09. The van der Waals surface area contributed by atoms with Gasteiger partial charge in [-0.15, -0.1) is 12.4 Å². The minimum atomic E-state index is -0.261. The van der Waals surface area contributed by atoms with Gasteiger partial charge < -0.3 is 11.5 Å². The van der Waals surface area contributed by atoms with E-state index in [1.165, 1.54) is 11.1 Å². The van der Waals surface area contributed by atoms with E-state index in [0.717, 1.165) is 6.54 Å². The largest absolute Gasteiger partial charge is 0.368 e. The molecule has 0 saturated heterocycles. The molecule has 0 saturated carbocycles. The number of benzene rings is 1. The van der Waals surface area contributed by atoms with Crippen molar-refractivity contribution in [2.45, 2.75) is 19.0 Å². The van der Waals surface area contributed by atoms with Crippen LogP contribution in [-0.2, 0) is 17.8 Å². The van der Waals surface area contributed by atoms with Gasteiger partial charge in [0.1, 0.15) is 0 Å². The Balaban J connectivity index is 0.00000144. The zero-order chi connectivity index (χ0) is 11.5. The van der Waals surface area contributed by atoms with E-state index in [2.05, 4.69) is 17.0 Å². The van der Waals surface area contributed by atoms with Crippen molar-refractivity contribution in [2.75, 3.05) is 13.1 Å². The van der Waals surface area contributed by atoms with Crippen molar-refractivity contribution < 1.29 is 4.79 Å². The highest BCUT2D eigenvalue weighted by Crippen LogP contribution is 2.22. The molecule has 1 amide bonds. The molecule has 1 aromatic carbocycles. The summed E-state index contributed by atoms with van der Waals surface area (Å²) in [6.07, 6.45) is 0.700. The highest BCUT2D eigenvalue weighted by atomic mass is 35.5. The van der Waals surface area contributed by atoms with E-state index in [-0.39, 0.29) is 24.4 Å². The number of nitrogens with zero attached hydrogens (tertiary/aromatic N) is 1. The van der Waals surface area contributed by atoms with E-state index in [1.54, 1.807) is 0 Å². The molecule has 4 N–H and O–H groups in total. The van der Waals surface area contributed by atoms with Crippen LogP contribution in [0.2, 0.25) is 0 Å². The number of rotatable bonds is 3. The molecule has 0 radical (unpaired) electrons. The molecular weight excluding hydrogens is 238 g/mol. The highest BCUT2D eigenvalue weighted by molar-refractivity contribution is 5.85. The number of carbonyl (C=O) groups is 1. The average Bonchev–Trinajstić information content (AvgIpc) is 2.28. The van der Waals surface area contributed by atoms with Crippen molar-refractivity contribution in [1.82, 2.24) is 4.90 Å². The van der Waals surface area contributed by atoms with E-state index >= 15 is 0 Å². The molecule has 2 rings (SSSR count). The fraction of sp³-hybridized carbons (Fsp3) is 0.417. The summed E-state index contributed by atoms with van der Waals surface area (Å²) in [5.74, 6) is -0.261. The summed E-state index contributed by atoms with van der Waals surface area (Å²) in [5.41, 5.74) is 13.5. The smallest absolute Gasteiger partial charge is 0.235 e. The molecule has 0 aromatic heterocycles. The Labute approximate surface area is 107 Å². The topological polar surface area (TPSA) is 72.3 Å². The number of primary amides is 1. The van der Waals surface area contributed by atoms with Gasteiger partial charge in [0.15, 0.2) is 0 Å². The van der Waals surface area contributed by atoms with Gasteiger partial charge in [-0.05, 0) is 17.5 Å². The third kappa shape index (κ3) is 2.97. The molecule has 0 bridgehead atoms. The Kier molecular flexibility index (Phi) is 4.93. The molecule has 17 heavy (non-hydrogen) atoms. The maximum Gasteiger partial charge on any atom is 0.235 e. The predicted molar refractivity (Wildman–Crippen MR) is 69.8 cm³/mol. The van der Waals surface area contributed by atoms with Gasteiger partial charge in [-0.2, -0.15) is 0 Å². The molecule has 1 unspecified atom stereocenters. The molecule has 0 fully saturated rings. The minimum Gasteiger partial charge on any atom is -0.368 e. The Bertz CT molecular complexity index is 397. The van der Waals surface area contributed by atoms with Crippen LogP contribution in [0.3, 0.4) is 0 Å². The summed E-state index contributed by atoms with van der Waals surface area (Å²) in [6, 6.07) is 7.96. The monoisotopic (exact) mass is 255 g/mol. The van der Waals surface area contributed by atoms with E-state index < -0.39 is 0 Å². The van der Waals surface area contributed by atoms with Crippen molar-refractivity contribution in [3.8, 4) is 0 Å². The Hall–Kier alpha value is -1.10. The maximum atomic E-state index is 11.4. The molecule has 1 heterocycles. The van der Waals surface area contributed by atoms with E-state index in [1.807, 2.05) is 12.1 Å². The molecule has 5 heteroatoms. The number of amides is 1. The fourth-order valence-electron chi connectivity index (χ4n) is 2.26. The van der Waals surface area contributed by atoms with Gasteiger partial charge in [0.25, 0.3) is 0 Å². The molecule has 0 aliphatic carbocycles. The Morgan fingerprint density at radius 3 is 2.59 bits per heavy atom. The molecule has 1 aliphatic heterocycles. The SMILES string of the molecule is Cl.NCCN1Cc2ccccc2CC1C(N)=O. The second-order valence-electron chi connectivity index (χ2n) is 4.15. The Morgan fingerprint density at radius 2 is 2.00 bits per heavy atom. The zero-order valence-electron chi connectivity index (χ0n) is 9.63. The number of halogens is 1. The first-order chi connectivity index (χ1) is 7.72. The number of nitrogens with two attached hydrogens (primary N) is 2. The minimum absolute atomic E-state index is 0. The maximum absolute atomic E-state index is 11.4. The van der Waals surface area contributed by atoms with Crippen LogP contribution in [0.5, 0.6) is 0 Å². The van der Waals surface area contributed by atoms with Crippen LogP contribution in [0.1, 0.15) is 11.1 Å². The molecule has 1 aromatic rings. The molecule has 4 nitrogen and oxygen atoms in total. The highest BCUT2D eigenvalue weighted by Gasteiger charge is 2.28. The number of hydrogen-bond donors (Lipinski definition) is 2. The van der Waals surface area contributed by atoms with Crippen LogP contribution < -0.4 is 11.5 Å². The lowest BCUT2D eigenvalue weighted by molar-refractivity contribution is -0.123. The molecular formula is C12H18ClN3O. The summed E-state index contributed by atoms with van der Waals surface area (Å²) < 4.78 is 0. The molecule has 0 spiro atoms. The molecule has 1 atom stereocenters. The van der Waals surface area contributed by atoms with Gasteiger partial charge in [0.2, 0.25) is 5.91 Å². The summed E-state index contributed by atoms with van der Waals surface area (Å²) in [4.78, 5) is 13.4. The van der Waals surface area contributed by atoms with Crippen LogP contribution >= 0.6 is 12.4 Å². The zero-order valence-corrected chi connectivity index (χ0v) is 10.5. The number of hydrogen-bond acceptors (Lipinski definition) is 3. The third-order valence-corrected chi connectivity index (χ3v) is 3.09. The van der Waals surface area contributed by atoms with Crippen LogP contribution in [0.15, 0.2) is 24.3 Å². The fourth-order valence-corrected chi connectivity index (χ4v) is 2.26. The van der Waals surface area contributed by atoms with Crippen molar-refractivity contribution in [2.24, 2.45) is 11.5 Å². The van der Waals surface area contributed by atoms with E-state index in [4.69, 9.17) is 11.5 Å². The summed E-state index contributed by atoms with van der Waals surface area (Å²) in [7, 11) is 0. The predicted octanol–water partition coefficient (Wildman–Crippen LogP) is 0.279. The van der Waals surface area contributed by atoms with Crippen molar-refractivity contribution in [3.05, 3.63) is 35.4 Å². The molecule has 1 aliphatic rings. The normalized spacial score (nSPS) is 19.2. The van der Waals surface area contributed by atoms with Gasteiger partial charge in [0, 0.05) is 19.6 Å². The van der Waals surface area contributed by atoms with E-state index in [0.29, 0.717) is 19.5 Å².